The van der Waals surface area contributed by atoms with E-state index >= 15 is 0 Å². The lowest BCUT2D eigenvalue weighted by molar-refractivity contribution is 0.320. The molecule has 0 amide bonds. The lowest BCUT2D eigenvalue weighted by Crippen LogP contribution is -2.26. The molecule has 1 aromatic heterocycles. The van der Waals surface area contributed by atoms with Crippen molar-refractivity contribution in [3.8, 4) is 0 Å². The molecule has 2 aliphatic rings. The largest absolute Gasteiger partial charge is 0.507 e. The summed E-state index contributed by atoms with van der Waals surface area (Å²) in [5, 5.41) is 0. The van der Waals surface area contributed by atoms with Gasteiger partial charge in [-0.1, -0.05) is 35.4 Å². The number of anilines is 5. The van der Waals surface area contributed by atoms with Crippen LogP contribution in [0.15, 0.2) is 85.5 Å². The first-order valence-electron chi connectivity index (χ1n) is 15.7. The van der Waals surface area contributed by atoms with E-state index in [-0.39, 0.29) is 0 Å². The Morgan fingerprint density at radius 3 is 0.857 bits per heavy atom. The quantitative estimate of drug-likeness (QED) is 0.106. The highest BCUT2D eigenvalue weighted by Crippen LogP contribution is 2.40. The van der Waals surface area contributed by atoms with Gasteiger partial charge >= 0.3 is 47.4 Å². The molecule has 360 valence electrons. The normalized spacial score (nSPS) is 13.6. The molecule has 0 atom stereocenters. The highest BCUT2D eigenvalue weighted by atomic mass is 31.2. The van der Waals surface area contributed by atoms with E-state index in [4.69, 9.17) is 91.1 Å². The smallest absolute Gasteiger partial charge is 0.361 e. The van der Waals surface area contributed by atoms with Crippen molar-refractivity contribution >= 4 is 76.1 Å². The molecule has 36 heteroatoms. The average Bonchev–Trinajstić information content (AvgIpc) is 3.66. The maximum Gasteiger partial charge on any atom is 0.507 e. The minimum Gasteiger partial charge on any atom is -0.361 e. The molecule has 63 heavy (non-hydrogen) atoms. The van der Waals surface area contributed by atoms with Crippen molar-refractivity contribution in [3.05, 3.63) is 96.6 Å². The molecule has 0 radical (unpaired) electrons. The van der Waals surface area contributed by atoms with Gasteiger partial charge in [-0.2, -0.15) is 0 Å². The van der Waals surface area contributed by atoms with Crippen LogP contribution in [0, 0.1) is 13.8 Å². The minimum absolute atomic E-state index is 0.778. The Hall–Kier alpha value is -3.45. The Kier molecular flexibility index (Phi) is 25.9. The van der Waals surface area contributed by atoms with E-state index in [0.717, 1.165) is 42.0 Å². The third kappa shape index (κ3) is 42.3. The van der Waals surface area contributed by atoms with Crippen molar-refractivity contribution in [1.82, 2.24) is 14.8 Å². The topological polar surface area (TPSA) is 374 Å². The number of aromatic nitrogens is 1. The van der Waals surface area contributed by atoms with Crippen LogP contribution in [0.1, 0.15) is 11.1 Å². The van der Waals surface area contributed by atoms with Crippen molar-refractivity contribution in [3.63, 3.8) is 0 Å². The Morgan fingerprint density at radius 2 is 0.667 bits per heavy atom. The summed E-state index contributed by atoms with van der Waals surface area (Å²) in [6.45, 7) is 5.80. The van der Waals surface area contributed by atoms with Crippen LogP contribution >= 0.6 is 47.4 Å². The Balaban J connectivity index is 0. The van der Waals surface area contributed by atoms with Crippen LogP contribution in [-0.4, -0.2) is 101 Å². The lowest BCUT2D eigenvalue weighted by Gasteiger charge is -2.29. The lowest BCUT2D eigenvalue weighted by atomic mass is 10.1. The number of hydrogen-bond acceptors (Lipinski definition) is 12. The van der Waals surface area contributed by atoms with Gasteiger partial charge in [0.05, 0.1) is 19.0 Å². The minimum atomic E-state index is -5.14. The monoisotopic (exact) mass is 1040 g/mol. The standard InChI is InChI=1S/C27H30N6.6FH2O3P/c1-21-5-9-23(10-6-21)33(24-11-7-22(2)8-12-24)25-17-26(31-15-13-29(3)19-31)28-27(18-25)32-16-14-30(4)20-32;6*1-5(2,3)4/h5-18H,19-20H2,1-4H3;6*(H2,2,3,4). The van der Waals surface area contributed by atoms with Gasteiger partial charge in [-0.15, -0.1) is 25.2 Å². The summed E-state index contributed by atoms with van der Waals surface area (Å²) in [6.07, 6.45) is 8.33. The van der Waals surface area contributed by atoms with E-state index in [1.807, 2.05) is 0 Å². The fraction of sp³-hybridized carbons (Fsp3) is 0.222. The van der Waals surface area contributed by atoms with Gasteiger partial charge in [-0.3, -0.25) is 58.7 Å². The molecule has 2 aromatic carbocycles. The average molecular weight is 1040 g/mol. The van der Waals surface area contributed by atoms with Crippen LogP contribution in [0.4, 0.5) is 53.9 Å². The molecule has 2 aliphatic heterocycles. The van der Waals surface area contributed by atoms with E-state index in [1.54, 1.807) is 0 Å². The molecular weight excluding hydrogens is 996 g/mol. The van der Waals surface area contributed by atoms with E-state index < -0.39 is 47.4 Å². The Labute approximate surface area is 354 Å². The van der Waals surface area contributed by atoms with Crippen LogP contribution in [0.5, 0.6) is 0 Å². The molecule has 3 aromatic rings. The molecule has 0 bridgehead atoms. The number of nitrogens with zero attached hydrogens (tertiary/aromatic N) is 6. The number of aryl methyl sites for hydroxylation is 2. The predicted octanol–water partition coefficient (Wildman–Crippen LogP) is 5.82. The summed E-state index contributed by atoms with van der Waals surface area (Å²) in [6, 6.07) is 21.7. The molecule has 0 fully saturated rings. The molecule has 24 nitrogen and oxygen atoms in total. The molecule has 0 spiro atoms. The molecule has 0 saturated carbocycles. The number of hydrogen-bond donors (Lipinski definition) is 12. The predicted molar refractivity (Wildman–Crippen MR) is 216 cm³/mol. The molecular formula is C27H42F6N6O18P6. The molecule has 0 aliphatic carbocycles. The van der Waals surface area contributed by atoms with Crippen molar-refractivity contribution < 1.29 is 111 Å². The van der Waals surface area contributed by atoms with E-state index in [0.29, 0.717) is 0 Å². The SMILES string of the molecule is Cc1ccc(N(c2ccc(C)cc2)c2cc(N3C=CN(C)C3)nc(N3C=CN(C)C3)c2)cc1.O=P(O)(O)F.O=P(O)(O)F.O=P(O)(O)F.O=P(O)(O)F.O=P(O)(O)F.O=P(O)(O)F. The highest BCUT2D eigenvalue weighted by molar-refractivity contribution is 7.46. The van der Waals surface area contributed by atoms with E-state index in [1.165, 1.54) is 11.1 Å². The summed E-state index contributed by atoms with van der Waals surface area (Å²) >= 11 is 0. The van der Waals surface area contributed by atoms with Gasteiger partial charge in [0, 0.05) is 62.4 Å². The van der Waals surface area contributed by atoms with Crippen LogP contribution < -0.4 is 14.7 Å². The van der Waals surface area contributed by atoms with Gasteiger partial charge in [0.15, 0.2) is 0 Å². The third-order valence-corrected chi connectivity index (χ3v) is 5.97. The first-order valence-corrected chi connectivity index (χ1v) is 24.8. The zero-order chi connectivity index (χ0) is 49.9. The Morgan fingerprint density at radius 1 is 0.444 bits per heavy atom. The second-order valence-corrected chi connectivity index (χ2v) is 17.4. The van der Waals surface area contributed by atoms with Crippen LogP contribution in [-0.2, 0) is 27.4 Å². The summed E-state index contributed by atoms with van der Waals surface area (Å²) in [7, 11) is -26.7. The van der Waals surface area contributed by atoms with E-state index in [2.05, 4.69) is 138 Å². The zero-order valence-electron chi connectivity index (χ0n) is 32.4. The third-order valence-electron chi connectivity index (χ3n) is 5.97. The summed E-state index contributed by atoms with van der Waals surface area (Å²) in [4.78, 5) is 99.6. The molecule has 0 unspecified atom stereocenters. The number of halogens is 6. The molecule has 5 rings (SSSR count). The van der Waals surface area contributed by atoms with Crippen molar-refractivity contribution in [1.29, 1.82) is 0 Å². The van der Waals surface area contributed by atoms with Gasteiger partial charge in [0.1, 0.15) is 11.6 Å². The maximum atomic E-state index is 10.4. The first-order chi connectivity index (χ1) is 28.0. The second-order valence-electron chi connectivity index (χ2n) is 11.7. The van der Waals surface area contributed by atoms with Crippen molar-refractivity contribution in [2.75, 3.05) is 42.1 Å². The van der Waals surface area contributed by atoms with Gasteiger partial charge in [-0.25, -0.2) is 32.4 Å². The first kappa shape index (κ1) is 61.6. The van der Waals surface area contributed by atoms with Crippen molar-refractivity contribution in [2.45, 2.75) is 13.8 Å². The molecule has 0 saturated heterocycles. The number of rotatable bonds is 5. The zero-order valence-corrected chi connectivity index (χ0v) is 37.8. The van der Waals surface area contributed by atoms with Crippen LogP contribution in [0.3, 0.4) is 0 Å². The maximum absolute atomic E-state index is 10.4. The van der Waals surface area contributed by atoms with Crippen LogP contribution in [0.2, 0.25) is 0 Å². The van der Waals surface area contributed by atoms with Gasteiger partial charge < -0.3 is 24.5 Å². The fourth-order valence-electron chi connectivity index (χ4n) is 4.10. The molecule has 12 N–H and O–H groups in total. The van der Waals surface area contributed by atoms with Gasteiger partial charge in [-0.05, 0) is 38.1 Å². The summed E-state index contributed by atoms with van der Waals surface area (Å²) < 4.78 is 114. The highest BCUT2D eigenvalue weighted by Gasteiger charge is 2.22. The van der Waals surface area contributed by atoms with E-state index in [9.17, 15) is 25.2 Å². The second kappa shape index (κ2) is 26.5. The van der Waals surface area contributed by atoms with Crippen molar-refractivity contribution in [2.24, 2.45) is 0 Å². The number of benzene rings is 2. The number of pyridine rings is 1. The Bertz CT molecular complexity index is 1930. The molecule has 3 heterocycles. The van der Waals surface area contributed by atoms with Gasteiger partial charge in [0.25, 0.3) is 0 Å². The van der Waals surface area contributed by atoms with Gasteiger partial charge in [0.2, 0.25) is 0 Å². The fourth-order valence-corrected chi connectivity index (χ4v) is 4.10. The summed E-state index contributed by atoms with van der Waals surface area (Å²) in [5.41, 5.74) is 5.81. The summed E-state index contributed by atoms with van der Waals surface area (Å²) in [5.74, 6) is 1.85. The van der Waals surface area contributed by atoms with Crippen LogP contribution in [0.25, 0.3) is 0 Å².